The Morgan fingerprint density at radius 2 is 2.40 bits per heavy atom. The highest BCUT2D eigenvalue weighted by Crippen LogP contribution is 2.29. The van der Waals surface area contributed by atoms with Crippen molar-refractivity contribution in [3.05, 3.63) is 29.6 Å². The number of hydrogen-bond acceptors (Lipinski definition) is 3. The zero-order valence-electron chi connectivity index (χ0n) is 8.32. The average molecular weight is 211 g/mol. The van der Waals surface area contributed by atoms with E-state index in [9.17, 15) is 9.50 Å². The molecule has 4 heteroatoms. The minimum Gasteiger partial charge on any atom is -0.487 e. The van der Waals surface area contributed by atoms with Crippen molar-refractivity contribution in [2.75, 3.05) is 6.54 Å². The number of aryl methyl sites for hydroxylation is 1. The van der Waals surface area contributed by atoms with Gasteiger partial charge < -0.3 is 15.6 Å². The highest BCUT2D eigenvalue weighted by molar-refractivity contribution is 5.35. The summed E-state index contributed by atoms with van der Waals surface area (Å²) in [6, 6.07) is 4.43. The lowest BCUT2D eigenvalue weighted by Crippen LogP contribution is -2.39. The van der Waals surface area contributed by atoms with Crippen LogP contribution >= 0.6 is 0 Å². The second-order valence-electron chi connectivity index (χ2n) is 3.75. The monoisotopic (exact) mass is 211 g/mol. The molecular formula is C11H14FNO2. The average Bonchev–Trinajstić information content (AvgIpc) is 2.27. The lowest BCUT2D eigenvalue weighted by Gasteiger charge is -2.28. The molecular weight excluding hydrogens is 197 g/mol. The van der Waals surface area contributed by atoms with Crippen molar-refractivity contribution in [3.63, 3.8) is 0 Å². The Hall–Kier alpha value is -1.13. The molecule has 0 fully saturated rings. The number of hydrogen-bond donors (Lipinski definition) is 2. The van der Waals surface area contributed by atoms with Gasteiger partial charge in [-0.1, -0.05) is 0 Å². The van der Waals surface area contributed by atoms with Crippen LogP contribution in [-0.2, 0) is 6.42 Å². The van der Waals surface area contributed by atoms with Crippen LogP contribution < -0.4 is 10.5 Å². The van der Waals surface area contributed by atoms with Gasteiger partial charge in [0.15, 0.2) is 0 Å². The summed E-state index contributed by atoms with van der Waals surface area (Å²) in [5.74, 6) is 0.398. The van der Waals surface area contributed by atoms with E-state index in [-0.39, 0.29) is 18.5 Å². The lowest BCUT2D eigenvalue weighted by atomic mass is 9.99. The van der Waals surface area contributed by atoms with Crippen LogP contribution in [0.4, 0.5) is 4.39 Å². The number of benzene rings is 1. The summed E-state index contributed by atoms with van der Waals surface area (Å²) in [6.45, 7) is 0.182. The molecule has 1 aliphatic rings. The zero-order valence-corrected chi connectivity index (χ0v) is 8.32. The molecule has 0 saturated heterocycles. The molecule has 0 spiro atoms. The molecule has 1 aliphatic heterocycles. The van der Waals surface area contributed by atoms with E-state index in [1.165, 1.54) is 12.1 Å². The summed E-state index contributed by atoms with van der Waals surface area (Å²) >= 11 is 0. The zero-order chi connectivity index (χ0) is 10.8. The van der Waals surface area contributed by atoms with Crippen LogP contribution in [0.2, 0.25) is 0 Å². The van der Waals surface area contributed by atoms with E-state index in [1.54, 1.807) is 6.07 Å². The Morgan fingerprint density at radius 1 is 1.60 bits per heavy atom. The van der Waals surface area contributed by atoms with Gasteiger partial charge >= 0.3 is 0 Å². The second-order valence-corrected chi connectivity index (χ2v) is 3.75. The molecule has 0 bridgehead atoms. The van der Waals surface area contributed by atoms with Crippen molar-refractivity contribution in [1.29, 1.82) is 0 Å². The third-order valence-corrected chi connectivity index (χ3v) is 2.67. The largest absolute Gasteiger partial charge is 0.487 e. The fourth-order valence-corrected chi connectivity index (χ4v) is 1.80. The maximum absolute atomic E-state index is 12.9. The van der Waals surface area contributed by atoms with Crippen molar-refractivity contribution in [3.8, 4) is 5.75 Å². The number of halogens is 1. The van der Waals surface area contributed by atoms with E-state index in [2.05, 4.69) is 0 Å². The molecule has 2 rings (SSSR count). The molecule has 0 unspecified atom stereocenters. The van der Waals surface area contributed by atoms with Crippen molar-refractivity contribution in [1.82, 2.24) is 0 Å². The Kier molecular flexibility index (Phi) is 2.88. The molecule has 0 aliphatic carbocycles. The quantitative estimate of drug-likeness (QED) is 0.762. The minimum absolute atomic E-state index is 0.182. The Morgan fingerprint density at radius 3 is 3.13 bits per heavy atom. The Bertz CT molecular complexity index is 356. The van der Waals surface area contributed by atoms with Gasteiger partial charge in [0.25, 0.3) is 0 Å². The summed E-state index contributed by atoms with van der Waals surface area (Å²) in [5.41, 5.74) is 6.21. The summed E-state index contributed by atoms with van der Waals surface area (Å²) in [7, 11) is 0. The van der Waals surface area contributed by atoms with E-state index in [1.807, 2.05) is 0 Å². The van der Waals surface area contributed by atoms with Crippen molar-refractivity contribution < 1.29 is 14.2 Å². The summed E-state index contributed by atoms with van der Waals surface area (Å²) in [5, 5.41) is 9.54. The van der Waals surface area contributed by atoms with Gasteiger partial charge in [-0.15, -0.1) is 0 Å². The molecule has 82 valence electrons. The SMILES string of the molecule is NC[C@@H](O)[C@H]1CCc2cc(F)ccc2O1. The molecule has 1 heterocycles. The van der Waals surface area contributed by atoms with Gasteiger partial charge in [0.05, 0.1) is 0 Å². The number of aliphatic hydroxyl groups excluding tert-OH is 1. The topological polar surface area (TPSA) is 55.5 Å². The molecule has 0 saturated carbocycles. The summed E-state index contributed by atoms with van der Waals surface area (Å²) < 4.78 is 18.4. The third kappa shape index (κ3) is 2.11. The van der Waals surface area contributed by atoms with Crippen LogP contribution in [0.25, 0.3) is 0 Å². The molecule has 3 N–H and O–H groups in total. The fourth-order valence-electron chi connectivity index (χ4n) is 1.80. The first-order valence-electron chi connectivity index (χ1n) is 5.04. The first-order valence-corrected chi connectivity index (χ1v) is 5.04. The van der Waals surface area contributed by atoms with Gasteiger partial charge in [0.1, 0.15) is 23.8 Å². The predicted octanol–water partition coefficient (Wildman–Crippen LogP) is 0.839. The number of rotatable bonds is 2. The van der Waals surface area contributed by atoms with Crippen LogP contribution in [0.15, 0.2) is 18.2 Å². The smallest absolute Gasteiger partial charge is 0.126 e. The molecule has 0 radical (unpaired) electrons. The first-order chi connectivity index (χ1) is 7.20. The van der Waals surface area contributed by atoms with Crippen LogP contribution in [0.1, 0.15) is 12.0 Å². The highest BCUT2D eigenvalue weighted by Gasteiger charge is 2.25. The van der Waals surface area contributed by atoms with Crippen LogP contribution in [0, 0.1) is 5.82 Å². The maximum atomic E-state index is 12.9. The van der Waals surface area contributed by atoms with E-state index < -0.39 is 6.10 Å². The minimum atomic E-state index is -0.650. The van der Waals surface area contributed by atoms with Crippen LogP contribution in [-0.4, -0.2) is 23.9 Å². The number of aliphatic hydroxyl groups is 1. The number of fused-ring (bicyclic) bond motifs is 1. The summed E-state index contributed by atoms with van der Waals surface area (Å²) in [6.07, 6.45) is 0.472. The number of nitrogens with two attached hydrogens (primary N) is 1. The third-order valence-electron chi connectivity index (χ3n) is 2.67. The van der Waals surface area contributed by atoms with Gasteiger partial charge in [0.2, 0.25) is 0 Å². The van der Waals surface area contributed by atoms with Crippen LogP contribution in [0.3, 0.4) is 0 Å². The first kappa shape index (κ1) is 10.4. The van der Waals surface area contributed by atoms with Gasteiger partial charge in [-0.05, 0) is 36.6 Å². The number of ether oxygens (including phenoxy) is 1. The van der Waals surface area contributed by atoms with Crippen LogP contribution in [0.5, 0.6) is 5.75 Å². The van der Waals surface area contributed by atoms with Gasteiger partial charge in [-0.3, -0.25) is 0 Å². The van der Waals surface area contributed by atoms with E-state index in [0.717, 1.165) is 12.0 Å². The van der Waals surface area contributed by atoms with E-state index >= 15 is 0 Å². The van der Waals surface area contributed by atoms with Gasteiger partial charge in [-0.25, -0.2) is 4.39 Å². The van der Waals surface area contributed by atoms with E-state index in [4.69, 9.17) is 10.5 Å². The molecule has 15 heavy (non-hydrogen) atoms. The van der Waals surface area contributed by atoms with Crippen molar-refractivity contribution in [2.24, 2.45) is 5.73 Å². The van der Waals surface area contributed by atoms with E-state index in [0.29, 0.717) is 12.2 Å². The Labute approximate surface area is 87.7 Å². The summed E-state index contributed by atoms with van der Waals surface area (Å²) in [4.78, 5) is 0. The Balaban J connectivity index is 2.16. The predicted molar refractivity (Wildman–Crippen MR) is 54.2 cm³/mol. The molecule has 1 aromatic carbocycles. The van der Waals surface area contributed by atoms with Gasteiger partial charge in [-0.2, -0.15) is 0 Å². The molecule has 1 aromatic rings. The van der Waals surface area contributed by atoms with Gasteiger partial charge in [0, 0.05) is 6.54 Å². The molecule has 0 amide bonds. The maximum Gasteiger partial charge on any atom is 0.126 e. The standard InChI is InChI=1S/C11H14FNO2/c12-8-2-4-10-7(5-8)1-3-11(15-10)9(14)6-13/h2,4-5,9,11,14H,1,3,6,13H2/t9-,11-/m1/s1. The second kappa shape index (κ2) is 4.16. The van der Waals surface area contributed by atoms with Crippen molar-refractivity contribution >= 4 is 0 Å². The fraction of sp³-hybridized carbons (Fsp3) is 0.455. The molecule has 3 nitrogen and oxygen atoms in total. The normalized spacial score (nSPS) is 21.7. The van der Waals surface area contributed by atoms with Crippen molar-refractivity contribution in [2.45, 2.75) is 25.0 Å². The molecule has 2 atom stereocenters. The highest BCUT2D eigenvalue weighted by atomic mass is 19.1. The molecule has 0 aromatic heterocycles. The lowest BCUT2D eigenvalue weighted by molar-refractivity contribution is 0.0296.